The third-order valence-corrected chi connectivity index (χ3v) is 9.25. The summed E-state index contributed by atoms with van der Waals surface area (Å²) in [5, 5.41) is 13.5. The quantitative estimate of drug-likeness (QED) is 0.315. The number of pyridine rings is 1. The van der Waals surface area contributed by atoms with Crippen molar-refractivity contribution in [3.63, 3.8) is 0 Å². The van der Waals surface area contributed by atoms with Crippen molar-refractivity contribution >= 4 is 27.1 Å². The van der Waals surface area contributed by atoms with Gasteiger partial charge in [-0.25, -0.2) is 23.1 Å². The molecule has 0 spiro atoms. The molecule has 9 nitrogen and oxygen atoms in total. The lowest BCUT2D eigenvalue weighted by Crippen LogP contribution is -2.49. The first-order valence-corrected chi connectivity index (χ1v) is 15.4. The molecule has 219 valence electrons. The van der Waals surface area contributed by atoms with Crippen molar-refractivity contribution in [3.8, 4) is 11.1 Å². The van der Waals surface area contributed by atoms with E-state index in [0.717, 1.165) is 45.3 Å². The molecule has 2 aromatic heterocycles. The normalized spacial score (nSPS) is 16.5. The molecule has 0 unspecified atom stereocenters. The second-order valence-electron chi connectivity index (χ2n) is 11.9. The zero-order valence-corrected chi connectivity index (χ0v) is 25.8. The third kappa shape index (κ3) is 5.14. The summed E-state index contributed by atoms with van der Waals surface area (Å²) in [6.07, 6.45) is 2.30. The summed E-state index contributed by atoms with van der Waals surface area (Å²) in [5.41, 5.74) is 3.95. The number of aromatic nitrogens is 3. The van der Waals surface area contributed by atoms with Gasteiger partial charge in [0.1, 0.15) is 11.3 Å². The highest BCUT2D eigenvalue weighted by molar-refractivity contribution is 7.90. The zero-order chi connectivity index (χ0) is 30.6. The number of sulfonamides is 1. The van der Waals surface area contributed by atoms with Crippen LogP contribution in [0.2, 0.25) is 0 Å². The van der Waals surface area contributed by atoms with Crippen LogP contribution in [-0.2, 0) is 33.0 Å². The summed E-state index contributed by atoms with van der Waals surface area (Å²) >= 11 is 0. The molecule has 0 atom stereocenters. The van der Waals surface area contributed by atoms with Gasteiger partial charge in [0, 0.05) is 23.3 Å². The molecule has 2 aromatic carbocycles. The number of nitrogens with zero attached hydrogens (tertiary/aromatic N) is 4. The number of nitrogens with one attached hydrogen (secondary N) is 1. The zero-order valence-electron chi connectivity index (χ0n) is 25.0. The lowest BCUT2D eigenvalue weighted by molar-refractivity contribution is -0.238. The number of hydroxylamine groups is 2. The van der Waals surface area contributed by atoms with Crippen LogP contribution in [0.5, 0.6) is 0 Å². The Balaban J connectivity index is 1.43. The molecule has 4 aromatic rings. The minimum absolute atomic E-state index is 0.0234. The van der Waals surface area contributed by atoms with Crippen LogP contribution < -0.4 is 4.72 Å². The van der Waals surface area contributed by atoms with E-state index in [-0.39, 0.29) is 10.5 Å². The summed E-state index contributed by atoms with van der Waals surface area (Å²) in [5.74, 6) is 0.140. The number of carbonyl (C=O) groups excluding carboxylic acids is 1. The molecule has 1 aliphatic rings. The molecule has 42 heavy (non-hydrogen) atoms. The van der Waals surface area contributed by atoms with E-state index in [1.165, 1.54) is 12.1 Å². The molecule has 10 heteroatoms. The van der Waals surface area contributed by atoms with E-state index in [4.69, 9.17) is 9.97 Å². The van der Waals surface area contributed by atoms with Crippen LogP contribution in [-0.4, -0.2) is 45.0 Å². The molecular formula is C32H36N5O4S. The average Bonchev–Trinajstić information content (AvgIpc) is 3.36. The number of amides is 1. The number of aryl methyl sites for hydroxylation is 3. The van der Waals surface area contributed by atoms with Crippen molar-refractivity contribution in [2.45, 2.75) is 77.4 Å². The molecule has 0 bridgehead atoms. The SMILES string of the molecule is CCc1nc2c(C)cc(C)nc2n1Cc1ccc(-c2ccccc2S(=O)(=O)NC(=O)C2=CC(C)(C)N([O])C2(C)C)cc1. The predicted octanol–water partition coefficient (Wildman–Crippen LogP) is 5.28. The Bertz CT molecular complexity index is 1840. The van der Waals surface area contributed by atoms with Gasteiger partial charge in [0.25, 0.3) is 15.9 Å². The van der Waals surface area contributed by atoms with Crippen LogP contribution in [0.4, 0.5) is 0 Å². The van der Waals surface area contributed by atoms with Crippen molar-refractivity contribution < 1.29 is 18.4 Å². The number of hydrogen-bond donors (Lipinski definition) is 1. The van der Waals surface area contributed by atoms with Crippen molar-refractivity contribution in [1.82, 2.24) is 24.3 Å². The van der Waals surface area contributed by atoms with Crippen LogP contribution in [0, 0.1) is 13.8 Å². The predicted molar refractivity (Wildman–Crippen MR) is 161 cm³/mol. The molecular weight excluding hydrogens is 550 g/mol. The maximum atomic E-state index is 13.5. The van der Waals surface area contributed by atoms with E-state index in [1.807, 2.05) is 44.2 Å². The Morgan fingerprint density at radius 2 is 1.64 bits per heavy atom. The van der Waals surface area contributed by atoms with Gasteiger partial charge < -0.3 is 4.57 Å². The van der Waals surface area contributed by atoms with E-state index in [2.05, 4.69) is 16.2 Å². The fourth-order valence-electron chi connectivity index (χ4n) is 5.79. The van der Waals surface area contributed by atoms with Crippen LogP contribution in [0.1, 0.15) is 57.3 Å². The molecule has 0 saturated carbocycles. The van der Waals surface area contributed by atoms with Gasteiger partial charge >= 0.3 is 0 Å². The standard InChI is InChI=1S/C32H36N5O4S/c1-8-27-34-28-20(2)17-21(3)33-29(28)36(27)19-22-13-15-23(16-14-22)24-11-9-10-12-26(24)42(40,41)35-30(38)25-18-31(4,5)37(39)32(25,6)7/h9-18H,8,19H2,1-7H3,(H,35,38). The Labute approximate surface area is 246 Å². The van der Waals surface area contributed by atoms with Crippen LogP contribution in [0.3, 0.4) is 0 Å². The monoisotopic (exact) mass is 586 g/mol. The van der Waals surface area contributed by atoms with Crippen molar-refractivity contribution in [2.24, 2.45) is 0 Å². The first kappa shape index (κ1) is 29.6. The summed E-state index contributed by atoms with van der Waals surface area (Å²) in [6, 6.07) is 16.3. The molecule has 0 saturated heterocycles. The van der Waals surface area contributed by atoms with Gasteiger partial charge in [-0.05, 0) is 70.4 Å². The average molecular weight is 587 g/mol. The molecule has 3 heterocycles. The number of fused-ring (bicyclic) bond motifs is 1. The molecule has 5 rings (SSSR count). The minimum Gasteiger partial charge on any atom is -0.308 e. The Hall–Kier alpha value is -3.86. The summed E-state index contributed by atoms with van der Waals surface area (Å²) in [6.45, 7) is 13.3. The Morgan fingerprint density at radius 3 is 2.26 bits per heavy atom. The third-order valence-electron chi connectivity index (χ3n) is 7.86. The number of imidazole rings is 1. The van der Waals surface area contributed by atoms with Gasteiger partial charge in [-0.15, -0.1) is 10.3 Å². The van der Waals surface area contributed by atoms with Gasteiger partial charge in [0.15, 0.2) is 5.65 Å². The lowest BCUT2D eigenvalue weighted by Gasteiger charge is -2.33. The van der Waals surface area contributed by atoms with E-state index >= 15 is 0 Å². The number of carbonyl (C=O) groups is 1. The van der Waals surface area contributed by atoms with Gasteiger partial charge in [0.2, 0.25) is 0 Å². The van der Waals surface area contributed by atoms with Crippen molar-refractivity contribution in [1.29, 1.82) is 0 Å². The Morgan fingerprint density at radius 1 is 0.976 bits per heavy atom. The molecule has 1 aliphatic heterocycles. The van der Waals surface area contributed by atoms with Crippen molar-refractivity contribution in [3.05, 3.63) is 88.9 Å². The summed E-state index contributed by atoms with van der Waals surface area (Å²) < 4.78 is 31.3. The van der Waals surface area contributed by atoms with Gasteiger partial charge in [-0.3, -0.25) is 4.79 Å². The minimum atomic E-state index is -4.25. The highest BCUT2D eigenvalue weighted by Crippen LogP contribution is 2.39. The fraction of sp³-hybridized carbons (Fsp3) is 0.344. The molecule has 0 aliphatic carbocycles. The maximum Gasteiger partial charge on any atom is 0.264 e. The lowest BCUT2D eigenvalue weighted by atomic mass is 9.96. The van der Waals surface area contributed by atoms with Crippen LogP contribution in [0.25, 0.3) is 22.3 Å². The number of rotatable bonds is 7. The molecule has 1 radical (unpaired) electrons. The highest BCUT2D eigenvalue weighted by Gasteiger charge is 2.49. The second-order valence-corrected chi connectivity index (χ2v) is 13.6. The van der Waals surface area contributed by atoms with Crippen LogP contribution >= 0.6 is 0 Å². The van der Waals surface area contributed by atoms with Crippen LogP contribution in [0.15, 0.2) is 71.1 Å². The Kier molecular flexibility index (Phi) is 7.37. The van der Waals surface area contributed by atoms with Gasteiger partial charge in [0.05, 0.1) is 22.5 Å². The number of hydrogen-bond acceptors (Lipinski definition) is 6. The highest BCUT2D eigenvalue weighted by atomic mass is 32.2. The van der Waals surface area contributed by atoms with Gasteiger partial charge in [-0.1, -0.05) is 55.5 Å². The largest absolute Gasteiger partial charge is 0.308 e. The summed E-state index contributed by atoms with van der Waals surface area (Å²) in [7, 11) is -4.25. The molecule has 0 fully saturated rings. The first-order chi connectivity index (χ1) is 19.7. The summed E-state index contributed by atoms with van der Waals surface area (Å²) in [4.78, 5) is 22.7. The fourth-order valence-corrected chi connectivity index (χ4v) is 6.99. The molecule has 1 amide bonds. The second kappa shape index (κ2) is 10.4. The van der Waals surface area contributed by atoms with E-state index < -0.39 is 27.0 Å². The smallest absolute Gasteiger partial charge is 0.264 e. The van der Waals surface area contributed by atoms with Crippen molar-refractivity contribution in [2.75, 3.05) is 0 Å². The molecule has 1 N–H and O–H groups in total. The van der Waals surface area contributed by atoms with E-state index in [1.54, 1.807) is 45.9 Å². The first-order valence-electron chi connectivity index (χ1n) is 14.0. The maximum absolute atomic E-state index is 13.5. The topological polar surface area (TPSA) is 117 Å². The van der Waals surface area contributed by atoms with E-state index in [0.29, 0.717) is 17.7 Å². The van der Waals surface area contributed by atoms with E-state index in [9.17, 15) is 18.4 Å². The number of benzene rings is 2. The van der Waals surface area contributed by atoms with Gasteiger partial charge in [-0.2, -0.15) is 0 Å².